The zero-order valence-electron chi connectivity index (χ0n) is 18.8. The largest absolute Gasteiger partial charge is 0.478 e. The van der Waals surface area contributed by atoms with Gasteiger partial charge in [-0.3, -0.25) is 9.29 Å². The minimum atomic E-state index is -1.21. The van der Waals surface area contributed by atoms with E-state index >= 15 is 8.78 Å². The normalized spacial score (nSPS) is 19.2. The first-order valence-corrected chi connectivity index (χ1v) is 10.9. The number of carboxylic acids is 1. The molecular weight excluding hydrogens is 429 g/mol. The number of rotatable bonds is 6. The maximum absolute atomic E-state index is 15.5. The minimum Gasteiger partial charge on any atom is -0.478 e. The highest BCUT2D eigenvalue weighted by Gasteiger charge is 2.44. The van der Waals surface area contributed by atoms with Crippen molar-refractivity contribution in [2.75, 3.05) is 13.2 Å². The standard InChI is InChI=1S/C26H27F3N2O2/c1-15(13-27)14-31-25(23-19(28)10-16(11-20(23)29)8-9-22(32)33)24-18(12-26(31,2)3)17-6-4-5-7-21(17)30-24/h4-11,15,25,30H,12-14H2,1-3H3,(H,32,33)/b9-8+/t15-,25-/m1/s1. The van der Waals surface area contributed by atoms with Crippen LogP contribution in [0.2, 0.25) is 0 Å². The average Bonchev–Trinajstić information content (AvgIpc) is 3.11. The molecule has 0 bridgehead atoms. The van der Waals surface area contributed by atoms with Gasteiger partial charge < -0.3 is 10.1 Å². The third-order valence-corrected chi connectivity index (χ3v) is 6.38. The first-order valence-electron chi connectivity index (χ1n) is 10.9. The highest BCUT2D eigenvalue weighted by Crippen LogP contribution is 2.46. The Morgan fingerprint density at radius 2 is 1.94 bits per heavy atom. The van der Waals surface area contributed by atoms with E-state index in [1.807, 2.05) is 43.0 Å². The molecule has 2 heterocycles. The number of nitrogens with one attached hydrogen (secondary N) is 1. The molecule has 4 nitrogen and oxygen atoms in total. The van der Waals surface area contributed by atoms with Gasteiger partial charge in [-0.2, -0.15) is 0 Å². The lowest BCUT2D eigenvalue weighted by atomic mass is 9.80. The number of hydrogen-bond donors (Lipinski definition) is 2. The van der Waals surface area contributed by atoms with Crippen LogP contribution in [0.25, 0.3) is 17.0 Å². The van der Waals surface area contributed by atoms with Crippen LogP contribution in [0, 0.1) is 17.6 Å². The summed E-state index contributed by atoms with van der Waals surface area (Å²) in [6, 6.07) is 9.24. The molecule has 33 heavy (non-hydrogen) atoms. The van der Waals surface area contributed by atoms with E-state index in [9.17, 15) is 9.18 Å². The van der Waals surface area contributed by atoms with Crippen LogP contribution in [0.4, 0.5) is 13.2 Å². The fourth-order valence-electron chi connectivity index (χ4n) is 4.85. The van der Waals surface area contributed by atoms with Crippen LogP contribution in [0.5, 0.6) is 0 Å². The zero-order chi connectivity index (χ0) is 23.9. The smallest absolute Gasteiger partial charge is 0.328 e. The summed E-state index contributed by atoms with van der Waals surface area (Å²) in [5, 5.41) is 9.84. The Morgan fingerprint density at radius 3 is 2.58 bits per heavy atom. The number of nitrogens with zero attached hydrogens (tertiary/aromatic N) is 1. The molecule has 1 aliphatic heterocycles. The molecule has 0 spiro atoms. The van der Waals surface area contributed by atoms with E-state index in [0.29, 0.717) is 18.7 Å². The highest BCUT2D eigenvalue weighted by atomic mass is 19.1. The van der Waals surface area contributed by atoms with Gasteiger partial charge in [0, 0.05) is 40.3 Å². The average molecular weight is 457 g/mol. The number of carboxylic acid groups (broad SMARTS) is 1. The predicted octanol–water partition coefficient (Wildman–Crippen LogP) is 5.88. The van der Waals surface area contributed by atoms with Gasteiger partial charge in [-0.1, -0.05) is 25.1 Å². The Hall–Kier alpha value is -3.06. The van der Waals surface area contributed by atoms with E-state index in [2.05, 4.69) is 4.98 Å². The maximum atomic E-state index is 15.5. The lowest BCUT2D eigenvalue weighted by Gasteiger charge is -2.48. The van der Waals surface area contributed by atoms with Crippen LogP contribution in [0.15, 0.2) is 42.5 Å². The molecule has 0 saturated heterocycles. The van der Waals surface area contributed by atoms with Crippen LogP contribution in [0.3, 0.4) is 0 Å². The van der Waals surface area contributed by atoms with E-state index < -0.39 is 35.9 Å². The summed E-state index contributed by atoms with van der Waals surface area (Å²) < 4.78 is 44.5. The Kier molecular flexibility index (Phi) is 6.10. The van der Waals surface area contributed by atoms with Gasteiger partial charge in [0.1, 0.15) is 11.6 Å². The van der Waals surface area contributed by atoms with E-state index in [4.69, 9.17) is 5.11 Å². The summed E-state index contributed by atoms with van der Waals surface area (Å²) in [5.41, 5.74) is 2.07. The van der Waals surface area contributed by atoms with Gasteiger partial charge in [0.05, 0.1) is 12.7 Å². The fraction of sp³-hybridized carbons (Fsp3) is 0.346. The number of aliphatic carboxylic acids is 1. The van der Waals surface area contributed by atoms with Crippen LogP contribution < -0.4 is 0 Å². The number of fused-ring (bicyclic) bond motifs is 3. The molecule has 1 aliphatic rings. The SMILES string of the molecule is C[C@H](CF)CN1[C@H](c2c(F)cc(/C=C/C(=O)O)cc2F)c2[nH]c3ccccc3c2CC1(C)C. The molecule has 2 aromatic carbocycles. The summed E-state index contributed by atoms with van der Waals surface area (Å²) in [7, 11) is 0. The van der Waals surface area contributed by atoms with Crippen molar-refractivity contribution < 1.29 is 23.1 Å². The van der Waals surface area contributed by atoms with Gasteiger partial charge in [0.2, 0.25) is 0 Å². The molecule has 0 radical (unpaired) electrons. The lowest BCUT2D eigenvalue weighted by Crippen LogP contribution is -2.53. The summed E-state index contributed by atoms with van der Waals surface area (Å²) in [5.74, 6) is -3.07. The quantitative estimate of drug-likeness (QED) is 0.456. The monoisotopic (exact) mass is 456 g/mol. The fourth-order valence-corrected chi connectivity index (χ4v) is 4.85. The van der Waals surface area contributed by atoms with Gasteiger partial charge in [0.15, 0.2) is 0 Å². The Morgan fingerprint density at radius 1 is 1.27 bits per heavy atom. The molecule has 174 valence electrons. The number of aromatic nitrogens is 1. The number of halogens is 3. The molecule has 0 aliphatic carbocycles. The van der Waals surface area contributed by atoms with Crippen molar-refractivity contribution in [1.29, 1.82) is 0 Å². The summed E-state index contributed by atoms with van der Waals surface area (Å²) >= 11 is 0. The number of alkyl halides is 1. The Labute approximate surface area is 190 Å². The summed E-state index contributed by atoms with van der Waals surface area (Å²) in [6.45, 7) is 5.58. The zero-order valence-corrected chi connectivity index (χ0v) is 18.8. The molecule has 0 saturated carbocycles. The van der Waals surface area contributed by atoms with Crippen LogP contribution in [0.1, 0.15) is 49.2 Å². The minimum absolute atomic E-state index is 0.117. The molecule has 2 N–H and O–H groups in total. The highest BCUT2D eigenvalue weighted by molar-refractivity contribution is 5.86. The van der Waals surface area contributed by atoms with Gasteiger partial charge >= 0.3 is 5.97 Å². The lowest BCUT2D eigenvalue weighted by molar-refractivity contribution is -0.131. The second-order valence-corrected chi connectivity index (χ2v) is 9.44. The molecule has 0 unspecified atom stereocenters. The topological polar surface area (TPSA) is 56.3 Å². The third-order valence-electron chi connectivity index (χ3n) is 6.38. The Bertz CT molecular complexity index is 1210. The van der Waals surface area contributed by atoms with E-state index in [0.717, 1.165) is 40.8 Å². The number of carbonyl (C=O) groups is 1. The first kappa shape index (κ1) is 23.1. The van der Waals surface area contributed by atoms with Crippen molar-refractivity contribution in [1.82, 2.24) is 9.88 Å². The van der Waals surface area contributed by atoms with E-state index in [-0.39, 0.29) is 17.0 Å². The van der Waals surface area contributed by atoms with Crippen molar-refractivity contribution >= 4 is 22.9 Å². The van der Waals surface area contributed by atoms with Gasteiger partial charge in [-0.15, -0.1) is 0 Å². The maximum Gasteiger partial charge on any atom is 0.328 e. The van der Waals surface area contributed by atoms with Crippen molar-refractivity contribution in [3.63, 3.8) is 0 Å². The molecule has 1 aromatic heterocycles. The first-order chi connectivity index (χ1) is 15.6. The molecule has 3 aromatic rings. The molecule has 7 heteroatoms. The predicted molar refractivity (Wildman–Crippen MR) is 123 cm³/mol. The molecule has 4 rings (SSSR count). The second kappa shape index (κ2) is 8.71. The van der Waals surface area contributed by atoms with Crippen LogP contribution in [-0.4, -0.2) is 39.7 Å². The molecule has 0 fully saturated rings. The van der Waals surface area contributed by atoms with Crippen molar-refractivity contribution in [2.24, 2.45) is 5.92 Å². The summed E-state index contributed by atoms with van der Waals surface area (Å²) in [4.78, 5) is 16.2. The van der Waals surface area contributed by atoms with Gasteiger partial charge in [0.25, 0.3) is 0 Å². The molecule has 0 amide bonds. The van der Waals surface area contributed by atoms with Gasteiger partial charge in [-0.25, -0.2) is 13.6 Å². The van der Waals surface area contributed by atoms with Crippen molar-refractivity contribution in [3.05, 3.63) is 76.5 Å². The van der Waals surface area contributed by atoms with E-state index in [1.54, 1.807) is 6.92 Å². The van der Waals surface area contributed by atoms with E-state index in [1.165, 1.54) is 0 Å². The number of para-hydroxylation sites is 1. The number of aromatic amines is 1. The van der Waals surface area contributed by atoms with Crippen molar-refractivity contribution in [2.45, 2.75) is 38.8 Å². The van der Waals surface area contributed by atoms with Crippen molar-refractivity contribution in [3.8, 4) is 0 Å². The summed E-state index contributed by atoms with van der Waals surface area (Å²) in [6.07, 6.45) is 2.63. The third kappa shape index (κ3) is 4.29. The number of hydrogen-bond acceptors (Lipinski definition) is 2. The molecule has 2 atom stereocenters. The second-order valence-electron chi connectivity index (χ2n) is 9.44. The Balaban J connectivity index is 1.94. The number of benzene rings is 2. The molecular formula is C26H27F3N2O2. The van der Waals surface area contributed by atoms with Crippen LogP contribution >= 0.6 is 0 Å². The van der Waals surface area contributed by atoms with Gasteiger partial charge in [-0.05, 0) is 61.6 Å². The van der Waals surface area contributed by atoms with Crippen LogP contribution in [-0.2, 0) is 11.2 Å². The number of H-pyrrole nitrogens is 1.